The van der Waals surface area contributed by atoms with Crippen LogP contribution in [0, 0.1) is 0 Å². The van der Waals surface area contributed by atoms with Gasteiger partial charge in [0.05, 0.1) is 6.54 Å². The molecular weight excluding hydrogens is 318 g/mol. The van der Waals surface area contributed by atoms with Crippen molar-refractivity contribution < 1.29 is 4.79 Å². The van der Waals surface area contributed by atoms with Gasteiger partial charge in [-0.25, -0.2) is 0 Å². The number of halogens is 1. The quantitative estimate of drug-likeness (QED) is 0.865. The van der Waals surface area contributed by atoms with E-state index < -0.39 is 0 Å². The van der Waals surface area contributed by atoms with Crippen LogP contribution in [0.25, 0.3) is 0 Å². The minimum atomic E-state index is 0.0252. The van der Waals surface area contributed by atoms with Crippen LogP contribution < -0.4 is 10.6 Å². The number of nitrogens with zero attached hydrogens (tertiary/aromatic N) is 1. The molecule has 4 nitrogen and oxygen atoms in total. The van der Waals surface area contributed by atoms with Gasteiger partial charge in [0.15, 0.2) is 0 Å². The molecule has 1 heterocycles. The van der Waals surface area contributed by atoms with Gasteiger partial charge in [0.25, 0.3) is 0 Å². The zero-order valence-electron chi connectivity index (χ0n) is 11.4. The van der Waals surface area contributed by atoms with Crippen molar-refractivity contribution in [1.82, 2.24) is 10.2 Å². The first kappa shape index (κ1) is 14.0. The Labute approximate surface area is 128 Å². The maximum atomic E-state index is 11.9. The van der Waals surface area contributed by atoms with E-state index in [1.54, 1.807) is 0 Å². The summed E-state index contributed by atoms with van der Waals surface area (Å²) in [5.41, 5.74) is 0.839. The first-order valence-corrected chi connectivity index (χ1v) is 8.03. The average Bonchev–Trinajstić information content (AvgIpc) is 3.18. The third-order valence-corrected chi connectivity index (χ3v) is 4.49. The van der Waals surface area contributed by atoms with Crippen molar-refractivity contribution >= 4 is 27.5 Å². The predicted octanol–water partition coefficient (Wildman–Crippen LogP) is 2.21. The largest absolute Gasteiger partial charge is 0.325 e. The van der Waals surface area contributed by atoms with E-state index in [1.807, 2.05) is 24.3 Å². The number of carbonyl (C=O) groups is 1. The Morgan fingerprint density at radius 2 is 2.00 bits per heavy atom. The second-order valence-corrected chi connectivity index (χ2v) is 6.56. The third kappa shape index (κ3) is 3.81. The fourth-order valence-corrected chi connectivity index (χ4v) is 2.97. The highest BCUT2D eigenvalue weighted by Gasteiger charge is 2.34. The predicted molar refractivity (Wildman–Crippen MR) is 83.8 cm³/mol. The van der Waals surface area contributed by atoms with E-state index >= 15 is 0 Å². The summed E-state index contributed by atoms with van der Waals surface area (Å²) in [4.78, 5) is 14.4. The Kier molecular flexibility index (Phi) is 4.38. The molecule has 0 aromatic heterocycles. The van der Waals surface area contributed by atoms with Crippen LogP contribution in [-0.4, -0.2) is 42.5 Å². The fraction of sp³-hybridized carbons (Fsp3) is 0.533. The smallest absolute Gasteiger partial charge is 0.238 e. The summed E-state index contributed by atoms with van der Waals surface area (Å²) in [7, 11) is 0. The van der Waals surface area contributed by atoms with Crippen LogP contribution in [0.1, 0.15) is 19.3 Å². The zero-order chi connectivity index (χ0) is 13.9. The van der Waals surface area contributed by atoms with Crippen molar-refractivity contribution in [3.8, 4) is 0 Å². The minimum absolute atomic E-state index is 0.0252. The van der Waals surface area contributed by atoms with E-state index in [9.17, 15) is 4.79 Å². The molecule has 0 bridgehead atoms. The molecule has 1 saturated heterocycles. The molecule has 1 amide bonds. The van der Waals surface area contributed by atoms with Gasteiger partial charge in [-0.3, -0.25) is 9.69 Å². The Bertz CT molecular complexity index is 473. The van der Waals surface area contributed by atoms with E-state index in [0.717, 1.165) is 29.2 Å². The number of likely N-dealkylation sites (tertiary alicyclic amines) is 1. The van der Waals surface area contributed by atoms with Gasteiger partial charge >= 0.3 is 0 Å². The molecule has 0 radical (unpaired) electrons. The van der Waals surface area contributed by atoms with Gasteiger partial charge in [0.1, 0.15) is 0 Å². The van der Waals surface area contributed by atoms with Crippen molar-refractivity contribution in [3.05, 3.63) is 28.7 Å². The number of hydrogen-bond acceptors (Lipinski definition) is 3. The number of anilines is 1. The monoisotopic (exact) mass is 337 g/mol. The minimum Gasteiger partial charge on any atom is -0.325 e. The van der Waals surface area contributed by atoms with E-state index in [-0.39, 0.29) is 5.91 Å². The fourth-order valence-electron chi connectivity index (χ4n) is 2.70. The number of nitrogens with one attached hydrogen (secondary N) is 2. The lowest BCUT2D eigenvalue weighted by Gasteiger charge is -2.15. The number of amides is 1. The molecule has 1 aliphatic carbocycles. The normalized spacial score (nSPS) is 22.9. The number of rotatable bonds is 5. The number of hydrogen-bond donors (Lipinski definition) is 2. The molecule has 20 heavy (non-hydrogen) atoms. The zero-order valence-corrected chi connectivity index (χ0v) is 13.0. The summed E-state index contributed by atoms with van der Waals surface area (Å²) < 4.78 is 1.01. The first-order valence-electron chi connectivity index (χ1n) is 7.23. The molecule has 1 aliphatic heterocycles. The molecular formula is C15H20BrN3O. The topological polar surface area (TPSA) is 44.4 Å². The van der Waals surface area contributed by atoms with Crippen LogP contribution in [0.5, 0.6) is 0 Å². The Balaban J connectivity index is 1.39. The standard InChI is InChI=1S/C15H20BrN3O/c16-11-1-3-12(4-2-11)18-15(20)9-17-13-7-8-19(10-13)14-5-6-14/h1-4,13-14,17H,5-10H2,(H,18,20). The van der Waals surface area contributed by atoms with Gasteiger partial charge < -0.3 is 10.6 Å². The molecule has 1 unspecified atom stereocenters. The molecule has 0 spiro atoms. The van der Waals surface area contributed by atoms with Crippen LogP contribution in [0.3, 0.4) is 0 Å². The lowest BCUT2D eigenvalue weighted by molar-refractivity contribution is -0.115. The summed E-state index contributed by atoms with van der Waals surface area (Å²) in [5.74, 6) is 0.0252. The molecule has 3 rings (SSSR count). The highest BCUT2D eigenvalue weighted by atomic mass is 79.9. The number of carbonyl (C=O) groups excluding carboxylic acids is 1. The summed E-state index contributed by atoms with van der Waals surface area (Å²) >= 11 is 3.38. The summed E-state index contributed by atoms with van der Waals surface area (Å²) in [6.07, 6.45) is 3.87. The van der Waals surface area contributed by atoms with Gasteiger partial charge in [-0.2, -0.15) is 0 Å². The van der Waals surface area contributed by atoms with Crippen LogP contribution in [-0.2, 0) is 4.79 Å². The molecule has 1 aromatic rings. The Hall–Kier alpha value is -0.910. The van der Waals surface area contributed by atoms with Crippen molar-refractivity contribution in [1.29, 1.82) is 0 Å². The highest BCUT2D eigenvalue weighted by Crippen LogP contribution is 2.29. The Morgan fingerprint density at radius 1 is 1.25 bits per heavy atom. The average molecular weight is 338 g/mol. The van der Waals surface area contributed by atoms with Crippen LogP contribution >= 0.6 is 15.9 Å². The van der Waals surface area contributed by atoms with Crippen molar-refractivity contribution in [2.24, 2.45) is 0 Å². The van der Waals surface area contributed by atoms with Gasteiger partial charge in [-0.15, -0.1) is 0 Å². The molecule has 2 N–H and O–H groups in total. The van der Waals surface area contributed by atoms with Gasteiger partial charge in [0, 0.05) is 35.3 Å². The van der Waals surface area contributed by atoms with Gasteiger partial charge in [0.2, 0.25) is 5.91 Å². The Morgan fingerprint density at radius 3 is 2.70 bits per heavy atom. The van der Waals surface area contributed by atoms with Gasteiger partial charge in [-0.1, -0.05) is 15.9 Å². The van der Waals surface area contributed by atoms with Gasteiger partial charge in [-0.05, 0) is 43.5 Å². The lowest BCUT2D eigenvalue weighted by Crippen LogP contribution is -2.38. The maximum Gasteiger partial charge on any atom is 0.238 e. The molecule has 1 saturated carbocycles. The molecule has 108 valence electrons. The third-order valence-electron chi connectivity index (χ3n) is 3.96. The van der Waals surface area contributed by atoms with Crippen LogP contribution in [0.4, 0.5) is 5.69 Å². The molecule has 1 atom stereocenters. The first-order chi connectivity index (χ1) is 9.70. The van der Waals surface area contributed by atoms with E-state index in [2.05, 4.69) is 31.5 Å². The lowest BCUT2D eigenvalue weighted by atomic mass is 10.2. The number of benzene rings is 1. The molecule has 5 heteroatoms. The maximum absolute atomic E-state index is 11.9. The van der Waals surface area contributed by atoms with Crippen molar-refractivity contribution in [2.45, 2.75) is 31.3 Å². The van der Waals surface area contributed by atoms with E-state index in [1.165, 1.54) is 19.4 Å². The second kappa shape index (κ2) is 6.24. The summed E-state index contributed by atoms with van der Waals surface area (Å²) in [6.45, 7) is 2.66. The molecule has 2 aliphatic rings. The highest BCUT2D eigenvalue weighted by molar-refractivity contribution is 9.10. The summed E-state index contributed by atoms with van der Waals surface area (Å²) in [6, 6.07) is 8.93. The SMILES string of the molecule is O=C(CNC1CCN(C2CC2)C1)Nc1ccc(Br)cc1. The van der Waals surface area contributed by atoms with Crippen LogP contribution in [0.15, 0.2) is 28.7 Å². The molecule has 1 aromatic carbocycles. The summed E-state index contributed by atoms with van der Waals surface area (Å²) in [5, 5.41) is 6.27. The van der Waals surface area contributed by atoms with Crippen LogP contribution in [0.2, 0.25) is 0 Å². The van der Waals surface area contributed by atoms with E-state index in [0.29, 0.717) is 12.6 Å². The van der Waals surface area contributed by atoms with E-state index in [4.69, 9.17) is 0 Å². The second-order valence-electron chi connectivity index (χ2n) is 5.65. The van der Waals surface area contributed by atoms with Crippen molar-refractivity contribution in [2.75, 3.05) is 25.0 Å². The molecule has 2 fully saturated rings. The van der Waals surface area contributed by atoms with Crippen molar-refractivity contribution in [3.63, 3.8) is 0 Å².